The minimum atomic E-state index is -0.993. The van der Waals surface area contributed by atoms with Crippen LogP contribution in [0.2, 0.25) is 5.15 Å². The van der Waals surface area contributed by atoms with Gasteiger partial charge in [-0.15, -0.1) is 0 Å². The zero-order valence-corrected chi connectivity index (χ0v) is 16.8. The van der Waals surface area contributed by atoms with Crippen molar-refractivity contribution in [1.29, 1.82) is 0 Å². The summed E-state index contributed by atoms with van der Waals surface area (Å²) in [6, 6.07) is 1.69. The Balaban J connectivity index is 2.00. The predicted molar refractivity (Wildman–Crippen MR) is 98.8 cm³/mol. The van der Waals surface area contributed by atoms with Gasteiger partial charge in [-0.1, -0.05) is 18.5 Å². The predicted octanol–water partition coefficient (Wildman–Crippen LogP) is 1.80. The van der Waals surface area contributed by atoms with Crippen LogP contribution < -0.4 is 0 Å². The van der Waals surface area contributed by atoms with E-state index in [1.807, 2.05) is 0 Å². The zero-order valence-electron chi connectivity index (χ0n) is 16.0. The zero-order chi connectivity index (χ0) is 21.1. The van der Waals surface area contributed by atoms with Gasteiger partial charge in [-0.2, -0.15) is 0 Å². The van der Waals surface area contributed by atoms with Crippen molar-refractivity contribution in [2.24, 2.45) is 0 Å². The quantitative estimate of drug-likeness (QED) is 0.387. The number of ether oxygens (including phenoxy) is 4. The van der Waals surface area contributed by atoms with Crippen molar-refractivity contribution >= 4 is 40.5 Å². The van der Waals surface area contributed by atoms with Crippen LogP contribution in [0.25, 0.3) is 11.0 Å². The van der Waals surface area contributed by atoms with Gasteiger partial charge in [-0.3, -0.25) is 14.4 Å². The third-order valence-electron chi connectivity index (χ3n) is 4.33. The third-order valence-corrected chi connectivity index (χ3v) is 4.63. The Hall–Kier alpha value is -2.72. The van der Waals surface area contributed by atoms with Crippen molar-refractivity contribution in [3.63, 3.8) is 0 Å². The average Bonchev–Trinajstić information content (AvgIpc) is 3.22. The van der Waals surface area contributed by atoms with Crippen LogP contribution >= 0.6 is 11.6 Å². The fourth-order valence-electron chi connectivity index (χ4n) is 3.11. The van der Waals surface area contributed by atoms with Gasteiger partial charge in [0, 0.05) is 26.5 Å². The summed E-state index contributed by atoms with van der Waals surface area (Å²) in [7, 11) is 0. The molecule has 2 aromatic rings. The highest BCUT2D eigenvalue weighted by molar-refractivity contribution is 6.33. The van der Waals surface area contributed by atoms with E-state index in [1.54, 1.807) is 23.8 Å². The maximum Gasteiger partial charge on any atom is 0.306 e. The second-order valence-corrected chi connectivity index (χ2v) is 6.73. The Kier molecular flexibility index (Phi) is 6.33. The van der Waals surface area contributed by atoms with Crippen molar-refractivity contribution in [3.05, 3.63) is 23.7 Å². The third kappa shape index (κ3) is 4.48. The van der Waals surface area contributed by atoms with Crippen LogP contribution in [0.1, 0.15) is 33.4 Å². The summed E-state index contributed by atoms with van der Waals surface area (Å²) in [5, 5.41) is 0.825. The highest BCUT2D eigenvalue weighted by Gasteiger charge is 2.51. The molecule has 1 aliphatic rings. The van der Waals surface area contributed by atoms with Crippen LogP contribution in [-0.4, -0.2) is 57.4 Å². The van der Waals surface area contributed by atoms with E-state index in [0.717, 1.165) is 0 Å². The van der Waals surface area contributed by atoms with E-state index in [0.29, 0.717) is 11.0 Å². The summed E-state index contributed by atoms with van der Waals surface area (Å²) in [5.41, 5.74) is 0.445. The van der Waals surface area contributed by atoms with Gasteiger partial charge in [0.2, 0.25) is 0 Å². The molecule has 1 fully saturated rings. The summed E-state index contributed by atoms with van der Waals surface area (Å²) in [6.45, 7) is 3.94. The van der Waals surface area contributed by atoms with Gasteiger partial charge in [0.1, 0.15) is 29.8 Å². The van der Waals surface area contributed by atoms with Crippen molar-refractivity contribution in [2.45, 2.75) is 51.7 Å². The van der Waals surface area contributed by atoms with E-state index < -0.39 is 42.4 Å². The second-order valence-electron chi connectivity index (χ2n) is 6.37. The Bertz CT molecular complexity index is 931. The highest BCUT2D eigenvalue weighted by atomic mass is 35.5. The number of hydrogen-bond donors (Lipinski definition) is 0. The molecule has 0 saturated carbocycles. The maximum absolute atomic E-state index is 12.0. The molecule has 0 radical (unpaired) electrons. The van der Waals surface area contributed by atoms with Crippen LogP contribution in [0.3, 0.4) is 0 Å². The van der Waals surface area contributed by atoms with E-state index >= 15 is 0 Å². The first kappa shape index (κ1) is 21.0. The minimum Gasteiger partial charge on any atom is -0.463 e. The molecule has 10 nitrogen and oxygen atoms in total. The molecular formula is C18H20ClN3O7. The Morgan fingerprint density at radius 3 is 2.59 bits per heavy atom. The maximum atomic E-state index is 12.0. The Morgan fingerprint density at radius 1 is 1.17 bits per heavy atom. The van der Waals surface area contributed by atoms with Gasteiger partial charge in [-0.25, -0.2) is 9.97 Å². The topological polar surface area (TPSA) is 119 Å². The Morgan fingerprint density at radius 2 is 1.93 bits per heavy atom. The average molecular weight is 426 g/mol. The molecule has 0 amide bonds. The number of carbonyl (C=O) groups is 3. The number of rotatable bonds is 6. The lowest BCUT2D eigenvalue weighted by atomic mass is 10.1. The number of hydrogen-bond acceptors (Lipinski definition) is 9. The number of carbonyl (C=O) groups excluding carboxylic acids is 3. The molecule has 1 aliphatic heterocycles. The normalized spacial score (nSPS) is 23.7. The molecule has 3 heterocycles. The largest absolute Gasteiger partial charge is 0.463 e. The first-order valence-electron chi connectivity index (χ1n) is 8.94. The van der Waals surface area contributed by atoms with Gasteiger partial charge >= 0.3 is 17.9 Å². The molecule has 0 unspecified atom stereocenters. The van der Waals surface area contributed by atoms with Gasteiger partial charge in [0.25, 0.3) is 0 Å². The van der Waals surface area contributed by atoms with E-state index in [2.05, 4.69) is 9.97 Å². The summed E-state index contributed by atoms with van der Waals surface area (Å²) in [6.07, 6.45) is -0.653. The number of halogens is 1. The molecule has 0 N–H and O–H groups in total. The fourth-order valence-corrected chi connectivity index (χ4v) is 3.30. The summed E-state index contributed by atoms with van der Waals surface area (Å²) in [4.78, 5) is 43.1. The van der Waals surface area contributed by atoms with Crippen molar-refractivity contribution < 1.29 is 33.3 Å². The minimum absolute atomic E-state index is 0.115. The molecule has 156 valence electrons. The SMILES string of the molecule is CCC(=O)O[C@H]1[C@@H](OC(C)=O)[C@H](n2ccc3c(Cl)ncnc32)O[C@@H]1COC(C)=O. The lowest BCUT2D eigenvalue weighted by Crippen LogP contribution is -2.40. The summed E-state index contributed by atoms with van der Waals surface area (Å²) in [5.74, 6) is -1.61. The molecule has 3 rings (SSSR count). The van der Waals surface area contributed by atoms with E-state index in [-0.39, 0.29) is 18.2 Å². The first-order valence-corrected chi connectivity index (χ1v) is 9.32. The Labute approximate surface area is 171 Å². The first-order chi connectivity index (χ1) is 13.8. The highest BCUT2D eigenvalue weighted by Crippen LogP contribution is 2.37. The van der Waals surface area contributed by atoms with Crippen LogP contribution in [-0.2, 0) is 33.3 Å². The van der Waals surface area contributed by atoms with Crippen LogP contribution in [0.15, 0.2) is 18.6 Å². The van der Waals surface area contributed by atoms with Crippen molar-refractivity contribution in [3.8, 4) is 0 Å². The van der Waals surface area contributed by atoms with E-state index in [9.17, 15) is 14.4 Å². The molecule has 0 aliphatic carbocycles. The number of fused-ring (bicyclic) bond motifs is 1. The molecule has 29 heavy (non-hydrogen) atoms. The summed E-state index contributed by atoms with van der Waals surface area (Å²) < 4.78 is 23.6. The van der Waals surface area contributed by atoms with Crippen LogP contribution in [0.5, 0.6) is 0 Å². The van der Waals surface area contributed by atoms with Gasteiger partial charge in [-0.05, 0) is 6.07 Å². The van der Waals surface area contributed by atoms with Crippen LogP contribution in [0, 0.1) is 0 Å². The monoisotopic (exact) mass is 425 g/mol. The molecular weight excluding hydrogens is 406 g/mol. The van der Waals surface area contributed by atoms with E-state index in [4.69, 9.17) is 30.5 Å². The lowest BCUT2D eigenvalue weighted by molar-refractivity contribution is -0.167. The fraction of sp³-hybridized carbons (Fsp3) is 0.500. The lowest BCUT2D eigenvalue weighted by Gasteiger charge is -2.24. The van der Waals surface area contributed by atoms with Crippen molar-refractivity contribution in [1.82, 2.24) is 14.5 Å². The van der Waals surface area contributed by atoms with Gasteiger partial charge < -0.3 is 23.5 Å². The van der Waals surface area contributed by atoms with Gasteiger partial charge in [0.15, 0.2) is 18.4 Å². The molecule has 0 aromatic carbocycles. The van der Waals surface area contributed by atoms with Crippen molar-refractivity contribution in [2.75, 3.05) is 6.61 Å². The molecule has 0 bridgehead atoms. The molecule has 2 aromatic heterocycles. The summed E-state index contributed by atoms with van der Waals surface area (Å²) >= 11 is 6.11. The number of nitrogens with zero attached hydrogens (tertiary/aromatic N) is 3. The number of aromatic nitrogens is 3. The van der Waals surface area contributed by atoms with E-state index in [1.165, 1.54) is 20.2 Å². The molecule has 0 spiro atoms. The molecule has 4 atom stereocenters. The van der Waals surface area contributed by atoms with Crippen LogP contribution in [0.4, 0.5) is 0 Å². The molecule has 11 heteroatoms. The standard InChI is InChI=1S/C18H20ClN3O7/c1-4-13(25)29-14-12(7-26-9(2)23)28-18(15(14)27-10(3)24)22-6-5-11-16(19)20-8-21-17(11)22/h5-6,8,12,14-15,18H,4,7H2,1-3H3/t12-,14-,15-,18-/m1/s1. The van der Waals surface area contributed by atoms with Gasteiger partial charge in [0.05, 0.1) is 5.39 Å². The number of esters is 3. The second kappa shape index (κ2) is 8.75. The smallest absolute Gasteiger partial charge is 0.306 e. The molecule has 1 saturated heterocycles.